The fourth-order valence-electron chi connectivity index (χ4n) is 4.83. The van der Waals surface area contributed by atoms with Crippen LogP contribution in [0.3, 0.4) is 0 Å². The molecule has 1 aromatic heterocycles. The number of hydrogen-bond acceptors (Lipinski definition) is 0. The van der Waals surface area contributed by atoms with E-state index in [4.69, 9.17) is 0 Å². The lowest BCUT2D eigenvalue weighted by atomic mass is 9.88. The molecule has 0 fully saturated rings. The molecule has 0 spiro atoms. The highest BCUT2D eigenvalue weighted by molar-refractivity contribution is 5.62. The zero-order valence-electron chi connectivity index (χ0n) is 18.8. The van der Waals surface area contributed by atoms with Gasteiger partial charge in [-0.25, -0.2) is 0 Å². The van der Waals surface area contributed by atoms with E-state index >= 15 is 0 Å². The first kappa shape index (κ1) is 21.8. The molecule has 1 aromatic carbocycles. The number of allylic oxidation sites excluding steroid dienone is 1. The smallest absolute Gasteiger partial charge is 0.198 e. The molecule has 0 saturated carbocycles. The van der Waals surface area contributed by atoms with E-state index < -0.39 is 0 Å². The molecule has 2 aromatic rings. The lowest BCUT2D eigenvalue weighted by molar-refractivity contribution is -0.685. The number of hydrogen-bond donors (Lipinski definition) is 0. The van der Waals surface area contributed by atoms with Gasteiger partial charge in [0.2, 0.25) is 5.69 Å². The van der Waals surface area contributed by atoms with Crippen LogP contribution < -0.4 is 4.57 Å². The van der Waals surface area contributed by atoms with Crippen molar-refractivity contribution < 1.29 is 4.57 Å². The monoisotopic (exact) mass is 390 g/mol. The predicted molar refractivity (Wildman–Crippen MR) is 125 cm³/mol. The lowest BCUT2D eigenvalue weighted by Gasteiger charge is -2.19. The average molecular weight is 391 g/mol. The van der Waals surface area contributed by atoms with Gasteiger partial charge in [-0.3, -0.25) is 0 Å². The molecule has 1 nitrogen and oxygen atoms in total. The largest absolute Gasteiger partial charge is 0.213 e. The fourth-order valence-corrected chi connectivity index (χ4v) is 4.83. The van der Waals surface area contributed by atoms with Crippen molar-refractivity contribution in [1.82, 2.24) is 0 Å². The molecule has 0 aliphatic carbocycles. The van der Waals surface area contributed by atoms with E-state index in [2.05, 4.69) is 67.6 Å². The molecule has 0 radical (unpaired) electrons. The van der Waals surface area contributed by atoms with Crippen molar-refractivity contribution in [1.29, 1.82) is 0 Å². The van der Waals surface area contributed by atoms with Gasteiger partial charge in [-0.15, -0.1) is 0 Å². The van der Waals surface area contributed by atoms with Crippen LogP contribution in [0.2, 0.25) is 0 Å². The molecular formula is C28H40N+. The average Bonchev–Trinajstić information content (AvgIpc) is 2.74. The van der Waals surface area contributed by atoms with Crippen molar-refractivity contribution in [2.24, 2.45) is 0 Å². The summed E-state index contributed by atoms with van der Waals surface area (Å²) in [5, 5.41) is 0. The highest BCUT2D eigenvalue weighted by Crippen LogP contribution is 2.31. The van der Waals surface area contributed by atoms with E-state index in [1.165, 1.54) is 80.2 Å². The van der Waals surface area contributed by atoms with E-state index in [0.717, 1.165) is 19.4 Å². The maximum atomic E-state index is 4.37. The molecule has 0 N–H and O–H groups in total. The van der Waals surface area contributed by atoms with Crippen LogP contribution in [-0.4, -0.2) is 0 Å². The second-order valence-electron chi connectivity index (χ2n) is 8.88. The van der Waals surface area contributed by atoms with Crippen molar-refractivity contribution in [3.05, 3.63) is 65.9 Å². The van der Waals surface area contributed by atoms with Gasteiger partial charge in [0.1, 0.15) is 0 Å². The van der Waals surface area contributed by atoms with Crippen LogP contribution >= 0.6 is 0 Å². The molecule has 29 heavy (non-hydrogen) atoms. The van der Waals surface area contributed by atoms with Crippen LogP contribution in [0.4, 0.5) is 0 Å². The van der Waals surface area contributed by atoms with Crippen LogP contribution in [-0.2, 0) is 13.0 Å². The third-order valence-electron chi connectivity index (χ3n) is 6.52. The highest BCUT2D eigenvalue weighted by atomic mass is 15.0. The molecule has 2 aliphatic heterocycles. The van der Waals surface area contributed by atoms with Gasteiger partial charge in [-0.2, -0.15) is 4.57 Å². The van der Waals surface area contributed by atoms with Gasteiger partial charge in [-0.1, -0.05) is 76.3 Å². The molecule has 1 atom stereocenters. The molecule has 156 valence electrons. The first-order valence-corrected chi connectivity index (χ1v) is 12.0. The molecule has 0 saturated heterocycles. The summed E-state index contributed by atoms with van der Waals surface area (Å²) in [6, 6.07) is 14.0. The predicted octanol–water partition coefficient (Wildman–Crippen LogP) is 7.78. The van der Waals surface area contributed by atoms with E-state index in [9.17, 15) is 0 Å². The molecule has 2 aliphatic rings. The molecular weight excluding hydrogens is 350 g/mol. The van der Waals surface area contributed by atoms with E-state index in [0.29, 0.717) is 5.92 Å². The van der Waals surface area contributed by atoms with Gasteiger partial charge >= 0.3 is 0 Å². The van der Waals surface area contributed by atoms with Gasteiger partial charge in [-0.05, 0) is 55.2 Å². The first-order chi connectivity index (χ1) is 14.2. The minimum atomic E-state index is 0.699. The maximum absolute atomic E-state index is 4.37. The van der Waals surface area contributed by atoms with E-state index in [-0.39, 0.29) is 0 Å². The Kier molecular flexibility index (Phi) is 8.52. The number of benzene rings is 1. The normalized spacial score (nSPS) is 18.6. The minimum absolute atomic E-state index is 0.699. The summed E-state index contributed by atoms with van der Waals surface area (Å²) in [4.78, 5) is 0. The van der Waals surface area contributed by atoms with Crippen molar-refractivity contribution in [3.8, 4) is 11.3 Å². The summed E-state index contributed by atoms with van der Waals surface area (Å²) in [6.45, 7) is 10.0. The van der Waals surface area contributed by atoms with Crippen LogP contribution in [0.15, 0.2) is 54.7 Å². The van der Waals surface area contributed by atoms with E-state index in [1.807, 2.05) is 0 Å². The van der Waals surface area contributed by atoms with Crippen LogP contribution in [0, 0.1) is 0 Å². The summed E-state index contributed by atoms with van der Waals surface area (Å²) in [5.41, 5.74) is 7.25. The summed E-state index contributed by atoms with van der Waals surface area (Å²) >= 11 is 0. The van der Waals surface area contributed by atoms with Gasteiger partial charge in [0, 0.05) is 24.1 Å². The number of fused-ring (bicyclic) bond motifs is 11. The Morgan fingerprint density at radius 3 is 2.62 bits per heavy atom. The van der Waals surface area contributed by atoms with Crippen molar-refractivity contribution in [3.63, 3.8) is 0 Å². The summed E-state index contributed by atoms with van der Waals surface area (Å²) in [5.74, 6) is 0.699. The Labute approximate surface area is 178 Å². The van der Waals surface area contributed by atoms with Gasteiger partial charge in [0.05, 0.1) is 0 Å². The second-order valence-corrected chi connectivity index (χ2v) is 8.88. The first-order valence-electron chi connectivity index (χ1n) is 12.0. The number of aryl methyl sites for hydroxylation is 2. The number of aromatic nitrogens is 1. The Balaban J connectivity index is 2.04. The Morgan fingerprint density at radius 2 is 1.79 bits per heavy atom. The van der Waals surface area contributed by atoms with Crippen molar-refractivity contribution in [2.75, 3.05) is 0 Å². The minimum Gasteiger partial charge on any atom is -0.198 e. The molecule has 4 rings (SSSR count). The van der Waals surface area contributed by atoms with E-state index in [1.54, 1.807) is 5.56 Å². The zero-order valence-corrected chi connectivity index (χ0v) is 18.8. The second kappa shape index (κ2) is 11.3. The maximum Gasteiger partial charge on any atom is 0.213 e. The number of rotatable bonds is 5. The standard InChI is InChI=1S/C28H40N/c1-4-12-24-15-9-7-6-8-14-23(3)18-20-29-21-19-26(24)22-28(29)27-17-11-10-16-25(27)13-5-2/h10-11,16-17,19,21-22,24H,3-9,12-15,18,20H2,1-2H3/q+1. The fraction of sp³-hybridized carbons (Fsp3) is 0.536. The SMILES string of the molecule is C=C1CCCCCCC(CCC)c2cc[n+](c(-c3ccccc3CCC)c2)CC1. The van der Waals surface area contributed by atoms with Crippen molar-refractivity contribution >= 4 is 0 Å². The Morgan fingerprint density at radius 1 is 0.966 bits per heavy atom. The Hall–Kier alpha value is -1.89. The zero-order chi connectivity index (χ0) is 20.5. The van der Waals surface area contributed by atoms with Gasteiger partial charge in [0.25, 0.3) is 0 Å². The third kappa shape index (κ3) is 6.04. The molecule has 1 unspecified atom stereocenters. The number of nitrogens with zero attached hydrogens (tertiary/aromatic N) is 1. The lowest BCUT2D eigenvalue weighted by Crippen LogP contribution is -2.36. The summed E-state index contributed by atoms with van der Waals surface area (Å²) in [7, 11) is 0. The van der Waals surface area contributed by atoms with Crippen molar-refractivity contribution in [2.45, 2.75) is 96.9 Å². The van der Waals surface area contributed by atoms with Gasteiger partial charge in [0.15, 0.2) is 12.7 Å². The quantitative estimate of drug-likeness (QED) is 0.362. The number of pyridine rings is 1. The van der Waals surface area contributed by atoms with Crippen LogP contribution in [0.5, 0.6) is 0 Å². The molecule has 0 amide bonds. The molecule has 1 heteroatoms. The van der Waals surface area contributed by atoms with Crippen LogP contribution in [0.25, 0.3) is 11.3 Å². The highest BCUT2D eigenvalue weighted by Gasteiger charge is 2.21. The van der Waals surface area contributed by atoms with Crippen LogP contribution in [0.1, 0.15) is 95.1 Å². The third-order valence-corrected chi connectivity index (χ3v) is 6.52. The summed E-state index contributed by atoms with van der Waals surface area (Å²) in [6.07, 6.45) is 16.3. The molecule has 3 heterocycles. The Bertz CT molecular complexity index is 789. The molecule has 2 bridgehead atoms. The summed E-state index contributed by atoms with van der Waals surface area (Å²) < 4.78 is 2.48. The van der Waals surface area contributed by atoms with Gasteiger partial charge < -0.3 is 0 Å². The topological polar surface area (TPSA) is 3.88 Å².